The fraction of sp³-hybridized carbons (Fsp3) is 0.429. The van der Waals surface area contributed by atoms with Gasteiger partial charge < -0.3 is 19.0 Å². The summed E-state index contributed by atoms with van der Waals surface area (Å²) in [4.78, 5) is 30.9. The predicted octanol–water partition coefficient (Wildman–Crippen LogP) is 3.24. The molecule has 0 bridgehead atoms. The number of benzene rings is 1. The number of amides is 3. The van der Waals surface area contributed by atoms with Gasteiger partial charge >= 0.3 is 6.03 Å². The van der Waals surface area contributed by atoms with Crippen LogP contribution in [0.5, 0.6) is 5.75 Å². The molecule has 3 amide bonds. The van der Waals surface area contributed by atoms with Crippen molar-refractivity contribution in [2.75, 3.05) is 50.5 Å². The Morgan fingerprint density at radius 3 is 2.83 bits per heavy atom. The zero-order valence-electron chi connectivity index (χ0n) is 16.5. The molecular formula is C21H25N3O4S. The van der Waals surface area contributed by atoms with Crippen molar-refractivity contribution in [3.8, 4) is 5.75 Å². The van der Waals surface area contributed by atoms with E-state index in [0.717, 1.165) is 23.6 Å². The Hall–Kier alpha value is -2.61. The second-order valence-electron chi connectivity index (χ2n) is 7.07. The van der Waals surface area contributed by atoms with Crippen LogP contribution in [0.3, 0.4) is 0 Å². The van der Waals surface area contributed by atoms with Gasteiger partial charge in [0.1, 0.15) is 18.1 Å². The molecule has 154 valence electrons. The molecule has 2 aliphatic heterocycles. The zero-order chi connectivity index (χ0) is 20.2. The number of nitrogens with zero attached hydrogens (tertiary/aromatic N) is 3. The molecule has 3 heterocycles. The summed E-state index contributed by atoms with van der Waals surface area (Å²) in [7, 11) is 1.59. The van der Waals surface area contributed by atoms with Crippen molar-refractivity contribution in [3.63, 3.8) is 0 Å². The minimum atomic E-state index is -0.152. The Morgan fingerprint density at radius 1 is 1.17 bits per heavy atom. The van der Waals surface area contributed by atoms with Crippen LogP contribution in [-0.4, -0.2) is 67.3 Å². The van der Waals surface area contributed by atoms with E-state index in [4.69, 9.17) is 9.15 Å². The number of furan rings is 1. The first kappa shape index (κ1) is 19.7. The fourth-order valence-corrected chi connectivity index (χ4v) is 4.97. The van der Waals surface area contributed by atoms with E-state index in [1.54, 1.807) is 23.2 Å². The van der Waals surface area contributed by atoms with E-state index in [9.17, 15) is 9.59 Å². The number of hydrogen-bond acceptors (Lipinski definition) is 5. The first-order chi connectivity index (χ1) is 14.2. The standard InChI is InChI=1S/C21H25N3O4S/c1-27-17-6-3-2-5-16(17)24-11-10-23(21(24)26)15-20(25)22-9-8-19(29-14-12-22)18-7-4-13-28-18/h2-7,13,19H,8-12,14-15H2,1H3/t19-/m1/s1. The summed E-state index contributed by atoms with van der Waals surface area (Å²) in [5, 5.41) is 0.275. The van der Waals surface area contributed by atoms with Gasteiger partial charge in [-0.2, -0.15) is 0 Å². The van der Waals surface area contributed by atoms with Crippen LogP contribution in [0.2, 0.25) is 0 Å². The molecule has 2 aromatic rings. The molecule has 2 saturated heterocycles. The van der Waals surface area contributed by atoms with Crippen molar-refractivity contribution in [1.82, 2.24) is 9.80 Å². The third-order valence-electron chi connectivity index (χ3n) is 5.35. The molecule has 1 atom stereocenters. The van der Waals surface area contributed by atoms with Crippen LogP contribution >= 0.6 is 11.8 Å². The first-order valence-corrected chi connectivity index (χ1v) is 10.8. The van der Waals surface area contributed by atoms with E-state index < -0.39 is 0 Å². The number of urea groups is 1. The lowest BCUT2D eigenvalue weighted by molar-refractivity contribution is -0.131. The number of anilines is 1. The van der Waals surface area contributed by atoms with Crippen molar-refractivity contribution in [1.29, 1.82) is 0 Å². The Balaban J connectivity index is 1.36. The lowest BCUT2D eigenvalue weighted by atomic mass is 10.2. The van der Waals surface area contributed by atoms with Crippen LogP contribution in [0, 0.1) is 0 Å². The number of carbonyl (C=O) groups is 2. The van der Waals surface area contributed by atoms with Gasteiger partial charge in [0.15, 0.2) is 0 Å². The molecule has 8 heteroatoms. The van der Waals surface area contributed by atoms with Crippen molar-refractivity contribution in [2.24, 2.45) is 0 Å². The minimum absolute atomic E-state index is 0.000853. The molecule has 0 N–H and O–H groups in total. The monoisotopic (exact) mass is 415 g/mol. The molecule has 1 aromatic carbocycles. The summed E-state index contributed by atoms with van der Waals surface area (Å²) >= 11 is 1.82. The number of hydrogen-bond donors (Lipinski definition) is 0. The van der Waals surface area contributed by atoms with Crippen molar-refractivity contribution in [2.45, 2.75) is 11.7 Å². The van der Waals surface area contributed by atoms with Gasteiger partial charge in [-0.05, 0) is 30.7 Å². The molecule has 0 aliphatic carbocycles. The van der Waals surface area contributed by atoms with Crippen LogP contribution < -0.4 is 9.64 Å². The van der Waals surface area contributed by atoms with E-state index >= 15 is 0 Å². The highest BCUT2D eigenvalue weighted by Gasteiger charge is 2.33. The molecule has 2 fully saturated rings. The summed E-state index contributed by atoms with van der Waals surface area (Å²) in [5.41, 5.74) is 0.738. The Morgan fingerprint density at radius 2 is 2.03 bits per heavy atom. The Kier molecular flexibility index (Phi) is 5.99. The molecule has 0 spiro atoms. The highest BCUT2D eigenvalue weighted by atomic mass is 32.2. The lowest BCUT2D eigenvalue weighted by Gasteiger charge is -2.24. The van der Waals surface area contributed by atoms with E-state index in [1.807, 2.05) is 53.1 Å². The molecular weight excluding hydrogens is 390 g/mol. The molecule has 1 aromatic heterocycles. The summed E-state index contributed by atoms with van der Waals surface area (Å²) in [6.07, 6.45) is 2.54. The third kappa shape index (κ3) is 4.22. The van der Waals surface area contributed by atoms with E-state index in [0.29, 0.717) is 31.9 Å². The largest absolute Gasteiger partial charge is 0.495 e. The van der Waals surface area contributed by atoms with Crippen molar-refractivity contribution < 1.29 is 18.7 Å². The van der Waals surface area contributed by atoms with Gasteiger partial charge in [0, 0.05) is 31.9 Å². The normalized spacial score (nSPS) is 20.1. The number of carbonyl (C=O) groups excluding carboxylic acids is 2. The maximum Gasteiger partial charge on any atom is 0.325 e. The molecule has 0 radical (unpaired) electrons. The van der Waals surface area contributed by atoms with Gasteiger partial charge in [-0.15, -0.1) is 11.8 Å². The number of rotatable bonds is 5. The lowest BCUT2D eigenvalue weighted by Crippen LogP contribution is -2.43. The number of para-hydroxylation sites is 2. The Bertz CT molecular complexity index is 857. The number of methoxy groups -OCH3 is 1. The molecule has 4 rings (SSSR count). The molecule has 2 aliphatic rings. The highest BCUT2D eigenvalue weighted by molar-refractivity contribution is 7.99. The predicted molar refractivity (Wildman–Crippen MR) is 112 cm³/mol. The number of ether oxygens (including phenoxy) is 1. The summed E-state index contributed by atoms with van der Waals surface area (Å²) in [6, 6.07) is 11.2. The molecule has 0 saturated carbocycles. The molecule has 0 unspecified atom stereocenters. The topological polar surface area (TPSA) is 66.2 Å². The maximum absolute atomic E-state index is 12.9. The van der Waals surface area contributed by atoms with Crippen LogP contribution in [0.15, 0.2) is 47.1 Å². The fourth-order valence-electron chi connectivity index (χ4n) is 3.79. The van der Waals surface area contributed by atoms with Crippen molar-refractivity contribution >= 4 is 29.4 Å². The van der Waals surface area contributed by atoms with Gasteiger partial charge in [-0.1, -0.05) is 12.1 Å². The van der Waals surface area contributed by atoms with Crippen LogP contribution in [-0.2, 0) is 4.79 Å². The van der Waals surface area contributed by atoms with Gasteiger partial charge in [-0.3, -0.25) is 9.69 Å². The Labute approximate surface area is 174 Å². The van der Waals surface area contributed by atoms with Gasteiger partial charge in [0.25, 0.3) is 0 Å². The van der Waals surface area contributed by atoms with E-state index in [1.165, 1.54) is 0 Å². The smallest absolute Gasteiger partial charge is 0.325 e. The van der Waals surface area contributed by atoms with Crippen LogP contribution in [0.4, 0.5) is 10.5 Å². The third-order valence-corrected chi connectivity index (χ3v) is 6.64. The molecule has 29 heavy (non-hydrogen) atoms. The van der Waals surface area contributed by atoms with E-state index in [2.05, 4.69) is 0 Å². The SMILES string of the molecule is COc1ccccc1N1CCN(CC(=O)N2CCS[C@@H](c3ccco3)CC2)C1=O. The highest BCUT2D eigenvalue weighted by Crippen LogP contribution is 2.35. The van der Waals surface area contributed by atoms with Gasteiger partial charge in [0.2, 0.25) is 5.91 Å². The van der Waals surface area contributed by atoms with Crippen molar-refractivity contribution in [3.05, 3.63) is 48.4 Å². The second kappa shape index (κ2) is 8.82. The zero-order valence-corrected chi connectivity index (χ0v) is 17.3. The van der Waals surface area contributed by atoms with Gasteiger partial charge in [0.05, 0.1) is 24.3 Å². The first-order valence-electron chi connectivity index (χ1n) is 9.79. The van der Waals surface area contributed by atoms with Crippen LogP contribution in [0.25, 0.3) is 0 Å². The molecule has 7 nitrogen and oxygen atoms in total. The van der Waals surface area contributed by atoms with Crippen LogP contribution in [0.1, 0.15) is 17.4 Å². The summed E-state index contributed by atoms with van der Waals surface area (Å²) in [6.45, 7) is 2.55. The quantitative estimate of drug-likeness (QED) is 0.750. The number of thioether (sulfide) groups is 1. The van der Waals surface area contributed by atoms with E-state index in [-0.39, 0.29) is 23.7 Å². The maximum atomic E-state index is 12.9. The minimum Gasteiger partial charge on any atom is -0.495 e. The van der Waals surface area contributed by atoms with Gasteiger partial charge in [-0.25, -0.2) is 4.79 Å². The second-order valence-corrected chi connectivity index (χ2v) is 8.38. The summed E-state index contributed by atoms with van der Waals surface area (Å²) < 4.78 is 10.9. The summed E-state index contributed by atoms with van der Waals surface area (Å²) in [5.74, 6) is 2.48. The average molecular weight is 416 g/mol. The average Bonchev–Trinajstić information content (AvgIpc) is 3.32.